The molecule has 2 aromatic rings. The standard InChI is InChI=1S/C15H21N5/c1-13-6-5-9-19(10-13)12-15-16-17-18-20(15)11-14-7-3-2-4-8-14/h2-4,7-8,13H,5-6,9-12H2,1H3/p+1/t13-/m0/s1. The van der Waals surface area contributed by atoms with Gasteiger partial charge in [-0.25, -0.2) is 4.68 Å². The average molecular weight is 272 g/mol. The van der Waals surface area contributed by atoms with Crippen LogP contribution in [-0.4, -0.2) is 33.3 Å². The zero-order chi connectivity index (χ0) is 13.8. The van der Waals surface area contributed by atoms with Gasteiger partial charge in [-0.15, -0.1) is 5.10 Å². The van der Waals surface area contributed by atoms with Gasteiger partial charge in [-0.3, -0.25) is 0 Å². The largest absolute Gasteiger partial charge is 0.328 e. The molecule has 1 aliphatic heterocycles. The van der Waals surface area contributed by atoms with Crippen LogP contribution < -0.4 is 4.90 Å². The molecule has 106 valence electrons. The van der Waals surface area contributed by atoms with E-state index in [9.17, 15) is 0 Å². The third-order valence-electron chi connectivity index (χ3n) is 4.05. The second-order valence-corrected chi connectivity index (χ2v) is 5.87. The molecule has 0 saturated carbocycles. The minimum absolute atomic E-state index is 0.756. The van der Waals surface area contributed by atoms with Crippen LogP contribution in [0.15, 0.2) is 30.3 Å². The number of aromatic nitrogens is 4. The van der Waals surface area contributed by atoms with Crippen molar-refractivity contribution < 1.29 is 4.90 Å². The Labute approximate surface area is 119 Å². The molecule has 1 saturated heterocycles. The molecule has 3 rings (SSSR count). The van der Waals surface area contributed by atoms with Crippen molar-refractivity contribution in [2.24, 2.45) is 5.92 Å². The van der Waals surface area contributed by atoms with Crippen LogP contribution in [0.25, 0.3) is 0 Å². The number of nitrogens with zero attached hydrogens (tertiary/aromatic N) is 4. The maximum Gasteiger partial charge on any atom is 0.206 e. The summed E-state index contributed by atoms with van der Waals surface area (Å²) in [5.41, 5.74) is 1.24. The van der Waals surface area contributed by atoms with Gasteiger partial charge in [0.05, 0.1) is 19.6 Å². The van der Waals surface area contributed by atoms with Crippen LogP contribution in [0.4, 0.5) is 0 Å². The molecule has 0 radical (unpaired) electrons. The summed E-state index contributed by atoms with van der Waals surface area (Å²) in [5, 5.41) is 12.2. The molecule has 1 fully saturated rings. The number of benzene rings is 1. The highest BCUT2D eigenvalue weighted by atomic mass is 15.5. The quantitative estimate of drug-likeness (QED) is 0.883. The smallest absolute Gasteiger partial charge is 0.206 e. The van der Waals surface area contributed by atoms with Crippen molar-refractivity contribution in [3.05, 3.63) is 41.7 Å². The summed E-state index contributed by atoms with van der Waals surface area (Å²) in [6.07, 6.45) is 2.68. The van der Waals surface area contributed by atoms with Crippen molar-refractivity contribution in [3.8, 4) is 0 Å². The fraction of sp³-hybridized carbons (Fsp3) is 0.533. The minimum Gasteiger partial charge on any atom is -0.328 e. The van der Waals surface area contributed by atoms with Gasteiger partial charge in [0.2, 0.25) is 5.82 Å². The molecule has 0 spiro atoms. The fourth-order valence-electron chi connectivity index (χ4n) is 3.01. The molecule has 0 aliphatic carbocycles. The predicted octanol–water partition coefficient (Wildman–Crippen LogP) is 0.536. The molecule has 1 aromatic heterocycles. The Morgan fingerprint density at radius 2 is 2.15 bits per heavy atom. The summed E-state index contributed by atoms with van der Waals surface area (Å²) in [6, 6.07) is 10.4. The SMILES string of the molecule is C[C@H]1CCC[NH+](Cc2nnnn2Cc2ccccc2)C1. The van der Waals surface area contributed by atoms with Crippen LogP contribution >= 0.6 is 0 Å². The number of nitrogens with one attached hydrogen (secondary N) is 1. The highest BCUT2D eigenvalue weighted by Crippen LogP contribution is 2.06. The number of tetrazole rings is 1. The Morgan fingerprint density at radius 1 is 1.30 bits per heavy atom. The lowest BCUT2D eigenvalue weighted by Gasteiger charge is -2.27. The van der Waals surface area contributed by atoms with E-state index in [1.807, 2.05) is 10.7 Å². The summed E-state index contributed by atoms with van der Waals surface area (Å²) in [6.45, 7) is 6.50. The molecule has 1 aromatic carbocycles. The Kier molecular flexibility index (Phi) is 4.06. The van der Waals surface area contributed by atoms with Gasteiger partial charge in [0.25, 0.3) is 0 Å². The molecule has 5 nitrogen and oxygen atoms in total. The molecule has 2 atom stereocenters. The van der Waals surface area contributed by atoms with Gasteiger partial charge in [-0.2, -0.15) is 0 Å². The van der Waals surface area contributed by atoms with Crippen molar-refractivity contribution >= 4 is 0 Å². The van der Waals surface area contributed by atoms with Crippen molar-refractivity contribution in [3.63, 3.8) is 0 Å². The van der Waals surface area contributed by atoms with Gasteiger partial charge in [-0.05, 0) is 28.8 Å². The first-order chi connectivity index (χ1) is 9.81. The van der Waals surface area contributed by atoms with E-state index in [0.29, 0.717) is 0 Å². The first-order valence-electron chi connectivity index (χ1n) is 7.44. The van der Waals surface area contributed by atoms with Gasteiger partial charge in [0.15, 0.2) is 0 Å². The number of quaternary nitrogens is 1. The lowest BCUT2D eigenvalue weighted by molar-refractivity contribution is -0.922. The summed E-state index contributed by atoms with van der Waals surface area (Å²) in [4.78, 5) is 1.60. The summed E-state index contributed by atoms with van der Waals surface area (Å²) in [5.74, 6) is 1.81. The van der Waals surface area contributed by atoms with Crippen LogP contribution in [-0.2, 0) is 13.1 Å². The van der Waals surface area contributed by atoms with Crippen LogP contribution in [0.3, 0.4) is 0 Å². The zero-order valence-electron chi connectivity index (χ0n) is 12.0. The van der Waals surface area contributed by atoms with E-state index < -0.39 is 0 Å². The van der Waals surface area contributed by atoms with Gasteiger partial charge >= 0.3 is 0 Å². The van der Waals surface area contributed by atoms with Crippen LogP contribution in [0.5, 0.6) is 0 Å². The lowest BCUT2D eigenvalue weighted by Crippen LogP contribution is -3.12. The van der Waals surface area contributed by atoms with Crippen molar-refractivity contribution in [1.82, 2.24) is 20.2 Å². The third kappa shape index (κ3) is 3.22. The normalized spacial score (nSPS) is 22.9. The fourth-order valence-corrected chi connectivity index (χ4v) is 3.01. The molecule has 0 amide bonds. The van der Waals surface area contributed by atoms with Gasteiger partial charge < -0.3 is 4.90 Å². The van der Waals surface area contributed by atoms with Crippen LogP contribution in [0, 0.1) is 5.92 Å². The number of piperidine rings is 1. The molecule has 1 aliphatic rings. The summed E-state index contributed by atoms with van der Waals surface area (Å²) in [7, 11) is 0. The number of likely N-dealkylation sites (tertiary alicyclic amines) is 1. The van der Waals surface area contributed by atoms with Gasteiger partial charge in [0.1, 0.15) is 6.54 Å². The van der Waals surface area contributed by atoms with Crippen molar-refractivity contribution in [2.75, 3.05) is 13.1 Å². The van der Waals surface area contributed by atoms with E-state index in [1.165, 1.54) is 31.5 Å². The lowest BCUT2D eigenvalue weighted by atomic mass is 10.0. The molecule has 20 heavy (non-hydrogen) atoms. The first kappa shape index (κ1) is 13.2. The minimum atomic E-state index is 0.756. The van der Waals surface area contributed by atoms with Gasteiger partial charge in [-0.1, -0.05) is 37.3 Å². The van der Waals surface area contributed by atoms with Crippen LogP contribution in [0.2, 0.25) is 0 Å². The topological polar surface area (TPSA) is 48.0 Å². The number of hydrogen-bond acceptors (Lipinski definition) is 3. The molecule has 5 heteroatoms. The molecule has 2 heterocycles. The molecule has 1 N–H and O–H groups in total. The van der Waals surface area contributed by atoms with E-state index in [2.05, 4.69) is 46.7 Å². The molecular formula is C15H22N5+. The maximum atomic E-state index is 4.21. The Morgan fingerprint density at radius 3 is 2.95 bits per heavy atom. The Bertz CT molecular complexity index is 536. The maximum absolute atomic E-state index is 4.21. The third-order valence-corrected chi connectivity index (χ3v) is 4.05. The zero-order valence-corrected chi connectivity index (χ0v) is 12.0. The van der Waals surface area contributed by atoms with Crippen molar-refractivity contribution in [2.45, 2.75) is 32.9 Å². The highest BCUT2D eigenvalue weighted by molar-refractivity contribution is 5.14. The van der Waals surface area contributed by atoms with Crippen LogP contribution in [0.1, 0.15) is 31.2 Å². The highest BCUT2D eigenvalue weighted by Gasteiger charge is 2.22. The van der Waals surface area contributed by atoms with E-state index in [-0.39, 0.29) is 0 Å². The predicted molar refractivity (Wildman–Crippen MR) is 76.2 cm³/mol. The molecule has 1 unspecified atom stereocenters. The summed E-state index contributed by atoms with van der Waals surface area (Å²) >= 11 is 0. The number of rotatable bonds is 4. The average Bonchev–Trinajstić information content (AvgIpc) is 2.87. The number of hydrogen-bond donors (Lipinski definition) is 1. The Hall–Kier alpha value is -1.75. The summed E-state index contributed by atoms with van der Waals surface area (Å²) < 4.78 is 1.93. The van der Waals surface area contributed by atoms with E-state index in [1.54, 1.807) is 4.90 Å². The Balaban J connectivity index is 1.67. The van der Waals surface area contributed by atoms with Gasteiger partial charge in [0, 0.05) is 5.92 Å². The van der Waals surface area contributed by atoms with E-state index in [0.717, 1.165) is 24.8 Å². The monoisotopic (exact) mass is 272 g/mol. The molecular weight excluding hydrogens is 250 g/mol. The van der Waals surface area contributed by atoms with Crippen molar-refractivity contribution in [1.29, 1.82) is 0 Å². The second-order valence-electron chi connectivity index (χ2n) is 5.87. The van der Waals surface area contributed by atoms with E-state index >= 15 is 0 Å². The first-order valence-corrected chi connectivity index (χ1v) is 7.44. The second kappa shape index (κ2) is 6.13. The molecule has 0 bridgehead atoms. The van der Waals surface area contributed by atoms with E-state index in [4.69, 9.17) is 0 Å².